The smallest absolute Gasteiger partial charge is 0.105 e. The lowest BCUT2D eigenvalue weighted by molar-refractivity contribution is 0.218. The van der Waals surface area contributed by atoms with E-state index in [1.165, 1.54) is 16.7 Å². The second-order valence-electron chi connectivity index (χ2n) is 5.50. The van der Waals surface area contributed by atoms with Gasteiger partial charge >= 0.3 is 0 Å². The van der Waals surface area contributed by atoms with Gasteiger partial charge in [0, 0.05) is 0 Å². The van der Waals surface area contributed by atoms with Crippen LogP contribution in [0.1, 0.15) is 53.3 Å². The molecule has 2 aromatic rings. The number of rotatable bonds is 4. The zero-order valence-corrected chi connectivity index (χ0v) is 12.9. The van der Waals surface area contributed by atoms with Crippen molar-refractivity contribution in [3.05, 3.63) is 69.8 Å². The molecule has 1 atom stereocenters. The van der Waals surface area contributed by atoms with Gasteiger partial charge in [0.05, 0.1) is 0 Å². The Bertz CT molecular complexity index is 599. The topological polar surface area (TPSA) is 20.2 Å². The molecule has 0 fully saturated rings. The van der Waals surface area contributed by atoms with Gasteiger partial charge in [-0.1, -0.05) is 55.8 Å². The van der Waals surface area contributed by atoms with Crippen LogP contribution in [0.3, 0.4) is 0 Å². The van der Waals surface area contributed by atoms with Crippen molar-refractivity contribution < 1.29 is 5.11 Å². The van der Waals surface area contributed by atoms with Crippen molar-refractivity contribution in [3.63, 3.8) is 0 Å². The average molecular weight is 268 g/mol. The first-order chi connectivity index (χ1) is 9.56. The second kappa shape index (κ2) is 6.23. The molecule has 1 nitrogen and oxygen atoms in total. The third kappa shape index (κ3) is 2.94. The fraction of sp³-hybridized carbons (Fsp3) is 0.368. The third-order valence-electron chi connectivity index (χ3n) is 4.01. The Balaban J connectivity index is 2.48. The van der Waals surface area contributed by atoms with Crippen LogP contribution >= 0.6 is 0 Å². The number of hydrogen-bond acceptors (Lipinski definition) is 1. The molecular formula is C19H24O. The minimum Gasteiger partial charge on any atom is -0.384 e. The summed E-state index contributed by atoms with van der Waals surface area (Å²) in [4.78, 5) is 0. The number of aliphatic hydroxyl groups excluding tert-OH is 1. The van der Waals surface area contributed by atoms with E-state index in [9.17, 15) is 5.11 Å². The summed E-state index contributed by atoms with van der Waals surface area (Å²) in [6, 6.07) is 12.7. The highest BCUT2D eigenvalue weighted by Crippen LogP contribution is 2.29. The fourth-order valence-corrected chi connectivity index (χ4v) is 2.74. The van der Waals surface area contributed by atoms with Gasteiger partial charge in [0.25, 0.3) is 0 Å². The highest BCUT2D eigenvalue weighted by Gasteiger charge is 2.16. The quantitative estimate of drug-likeness (QED) is 0.865. The maximum Gasteiger partial charge on any atom is 0.105 e. The van der Waals surface area contributed by atoms with Crippen LogP contribution in [0, 0.1) is 13.8 Å². The monoisotopic (exact) mass is 268 g/mol. The van der Waals surface area contributed by atoms with E-state index in [-0.39, 0.29) is 0 Å². The fourth-order valence-electron chi connectivity index (χ4n) is 2.74. The standard InChI is InChI=1S/C19H24O/c1-5-15-8-9-16(6-2)18(12-15)19(20)17-10-7-13(3)11-14(17)4/h7-12,19-20H,5-6H2,1-4H3. The van der Waals surface area contributed by atoms with Gasteiger partial charge in [0.15, 0.2) is 0 Å². The summed E-state index contributed by atoms with van der Waals surface area (Å²) in [6.07, 6.45) is 1.41. The van der Waals surface area contributed by atoms with Crippen LogP contribution in [0.25, 0.3) is 0 Å². The molecule has 1 N–H and O–H groups in total. The van der Waals surface area contributed by atoms with Gasteiger partial charge in [-0.25, -0.2) is 0 Å². The van der Waals surface area contributed by atoms with Crippen molar-refractivity contribution in [2.75, 3.05) is 0 Å². The maximum atomic E-state index is 10.8. The predicted molar refractivity (Wildman–Crippen MR) is 85.2 cm³/mol. The lowest BCUT2D eigenvalue weighted by atomic mass is 9.91. The Morgan fingerprint density at radius 1 is 0.900 bits per heavy atom. The van der Waals surface area contributed by atoms with Crippen LogP contribution in [0.5, 0.6) is 0 Å². The highest BCUT2D eigenvalue weighted by atomic mass is 16.3. The number of hydrogen-bond donors (Lipinski definition) is 1. The third-order valence-corrected chi connectivity index (χ3v) is 4.01. The summed E-state index contributed by atoms with van der Waals surface area (Å²) < 4.78 is 0. The lowest BCUT2D eigenvalue weighted by Gasteiger charge is -2.19. The first-order valence-electron chi connectivity index (χ1n) is 7.43. The molecule has 2 aromatic carbocycles. The van der Waals surface area contributed by atoms with Gasteiger partial charge in [0.2, 0.25) is 0 Å². The van der Waals surface area contributed by atoms with Gasteiger partial charge in [-0.05, 0) is 54.5 Å². The summed E-state index contributed by atoms with van der Waals surface area (Å²) >= 11 is 0. The molecule has 0 heterocycles. The van der Waals surface area contributed by atoms with E-state index in [1.807, 2.05) is 6.07 Å². The van der Waals surface area contributed by atoms with E-state index in [0.29, 0.717) is 0 Å². The zero-order chi connectivity index (χ0) is 14.7. The van der Waals surface area contributed by atoms with Crippen molar-refractivity contribution in [1.29, 1.82) is 0 Å². The lowest BCUT2D eigenvalue weighted by Crippen LogP contribution is -2.06. The van der Waals surface area contributed by atoms with Crippen LogP contribution in [0.2, 0.25) is 0 Å². The minimum atomic E-state index is -0.531. The van der Waals surface area contributed by atoms with E-state index in [0.717, 1.165) is 29.5 Å². The molecule has 0 amide bonds. The first-order valence-corrected chi connectivity index (χ1v) is 7.43. The minimum absolute atomic E-state index is 0.531. The Morgan fingerprint density at radius 2 is 1.65 bits per heavy atom. The van der Waals surface area contributed by atoms with Crippen molar-refractivity contribution in [2.45, 2.75) is 46.6 Å². The van der Waals surface area contributed by atoms with Crippen molar-refractivity contribution in [3.8, 4) is 0 Å². The molecule has 0 radical (unpaired) electrons. The molecule has 20 heavy (non-hydrogen) atoms. The van der Waals surface area contributed by atoms with Gasteiger partial charge in [-0.2, -0.15) is 0 Å². The van der Waals surface area contributed by atoms with Crippen molar-refractivity contribution in [2.24, 2.45) is 0 Å². The Morgan fingerprint density at radius 3 is 2.25 bits per heavy atom. The van der Waals surface area contributed by atoms with Gasteiger partial charge < -0.3 is 5.11 Å². The number of aliphatic hydroxyl groups is 1. The SMILES string of the molecule is CCc1ccc(CC)c(C(O)c2ccc(C)cc2C)c1. The number of benzene rings is 2. The molecule has 0 aliphatic heterocycles. The molecule has 0 aliphatic carbocycles. The Kier molecular flexibility index (Phi) is 4.61. The Labute approximate surface area is 122 Å². The molecule has 0 saturated carbocycles. The second-order valence-corrected chi connectivity index (χ2v) is 5.50. The van der Waals surface area contributed by atoms with E-state index >= 15 is 0 Å². The molecule has 106 valence electrons. The van der Waals surface area contributed by atoms with Gasteiger partial charge in [-0.15, -0.1) is 0 Å². The van der Waals surface area contributed by atoms with Crippen molar-refractivity contribution in [1.82, 2.24) is 0 Å². The summed E-state index contributed by atoms with van der Waals surface area (Å²) in [5, 5.41) is 10.8. The molecule has 2 rings (SSSR count). The molecule has 1 unspecified atom stereocenters. The molecule has 0 saturated heterocycles. The molecular weight excluding hydrogens is 244 g/mol. The van der Waals surface area contributed by atoms with E-state index < -0.39 is 6.10 Å². The normalized spacial score (nSPS) is 12.4. The predicted octanol–water partition coefficient (Wildman–Crippen LogP) is 4.51. The maximum absolute atomic E-state index is 10.8. The number of aryl methyl sites for hydroxylation is 4. The zero-order valence-electron chi connectivity index (χ0n) is 12.9. The van der Waals surface area contributed by atoms with E-state index in [2.05, 4.69) is 58.0 Å². The first kappa shape index (κ1) is 14.8. The highest BCUT2D eigenvalue weighted by molar-refractivity contribution is 5.42. The van der Waals surface area contributed by atoms with Gasteiger partial charge in [-0.3, -0.25) is 0 Å². The van der Waals surface area contributed by atoms with E-state index in [4.69, 9.17) is 0 Å². The van der Waals surface area contributed by atoms with E-state index in [1.54, 1.807) is 0 Å². The van der Waals surface area contributed by atoms with Crippen LogP contribution in [-0.2, 0) is 12.8 Å². The van der Waals surface area contributed by atoms with Gasteiger partial charge in [0.1, 0.15) is 6.10 Å². The Hall–Kier alpha value is -1.60. The summed E-state index contributed by atoms with van der Waals surface area (Å²) in [7, 11) is 0. The molecule has 0 spiro atoms. The summed E-state index contributed by atoms with van der Waals surface area (Å²) in [6.45, 7) is 8.44. The largest absolute Gasteiger partial charge is 0.384 e. The van der Waals surface area contributed by atoms with Crippen LogP contribution in [0.15, 0.2) is 36.4 Å². The summed E-state index contributed by atoms with van der Waals surface area (Å²) in [5.74, 6) is 0. The molecule has 0 aliphatic rings. The van der Waals surface area contributed by atoms with Crippen LogP contribution < -0.4 is 0 Å². The van der Waals surface area contributed by atoms with Crippen molar-refractivity contribution >= 4 is 0 Å². The van der Waals surface area contributed by atoms with Crippen LogP contribution in [0.4, 0.5) is 0 Å². The molecule has 0 aromatic heterocycles. The average Bonchev–Trinajstić information content (AvgIpc) is 2.46. The molecule has 1 heteroatoms. The molecule has 0 bridgehead atoms. The van der Waals surface area contributed by atoms with Crippen LogP contribution in [-0.4, -0.2) is 5.11 Å². The summed E-state index contributed by atoms with van der Waals surface area (Å²) in [5.41, 5.74) is 6.96.